The monoisotopic (exact) mass is 213 g/mol. The van der Waals surface area contributed by atoms with E-state index in [0.29, 0.717) is 6.04 Å². The molecular formula is C10H19N3S. The fraction of sp³-hybridized carbons (Fsp3) is 0.800. The summed E-state index contributed by atoms with van der Waals surface area (Å²) in [4.78, 5) is 0. The fourth-order valence-electron chi connectivity index (χ4n) is 1.16. The summed E-state index contributed by atoms with van der Waals surface area (Å²) < 4.78 is 0. The zero-order chi connectivity index (χ0) is 10.4. The Morgan fingerprint density at radius 1 is 1.29 bits per heavy atom. The van der Waals surface area contributed by atoms with Crippen molar-refractivity contribution in [3.8, 4) is 0 Å². The second-order valence-electron chi connectivity index (χ2n) is 3.66. The number of hydrogen-bond donors (Lipinski definition) is 1. The van der Waals surface area contributed by atoms with Crippen molar-refractivity contribution in [3.63, 3.8) is 0 Å². The lowest BCUT2D eigenvalue weighted by Gasteiger charge is -2.05. The number of hydrogen-bond acceptors (Lipinski definition) is 4. The molecule has 1 aromatic rings. The van der Waals surface area contributed by atoms with Crippen LogP contribution < -0.4 is 5.32 Å². The van der Waals surface area contributed by atoms with Crippen molar-refractivity contribution in [1.82, 2.24) is 15.5 Å². The maximum atomic E-state index is 4.14. The highest BCUT2D eigenvalue weighted by atomic mass is 32.1. The Hall–Kier alpha value is -0.480. The quantitative estimate of drug-likeness (QED) is 0.735. The highest BCUT2D eigenvalue weighted by Crippen LogP contribution is 2.11. The lowest BCUT2D eigenvalue weighted by molar-refractivity contribution is 0.569. The molecule has 80 valence electrons. The maximum absolute atomic E-state index is 4.14. The Morgan fingerprint density at radius 3 is 2.57 bits per heavy atom. The van der Waals surface area contributed by atoms with Crippen LogP contribution in [0.25, 0.3) is 0 Å². The smallest absolute Gasteiger partial charge is 0.117 e. The first kappa shape index (κ1) is 11.6. The van der Waals surface area contributed by atoms with Crippen molar-refractivity contribution in [3.05, 3.63) is 10.0 Å². The van der Waals surface area contributed by atoms with Gasteiger partial charge in [-0.05, 0) is 19.4 Å². The summed E-state index contributed by atoms with van der Waals surface area (Å²) in [6.07, 6.45) is 3.20. The first-order valence-electron chi connectivity index (χ1n) is 5.27. The van der Waals surface area contributed by atoms with Crippen LogP contribution in [0.4, 0.5) is 0 Å². The number of nitrogens with zero attached hydrogens (tertiary/aromatic N) is 2. The molecule has 1 heterocycles. The first-order valence-corrected chi connectivity index (χ1v) is 6.08. The van der Waals surface area contributed by atoms with Gasteiger partial charge in [-0.25, -0.2) is 0 Å². The molecule has 3 nitrogen and oxygen atoms in total. The van der Waals surface area contributed by atoms with E-state index in [-0.39, 0.29) is 0 Å². The molecule has 0 saturated carbocycles. The summed E-state index contributed by atoms with van der Waals surface area (Å²) in [5.41, 5.74) is 0. The van der Waals surface area contributed by atoms with E-state index in [1.54, 1.807) is 11.3 Å². The molecule has 0 aliphatic rings. The van der Waals surface area contributed by atoms with E-state index in [1.165, 1.54) is 5.01 Å². The zero-order valence-corrected chi connectivity index (χ0v) is 10.0. The zero-order valence-electron chi connectivity index (χ0n) is 9.21. The Bertz CT molecular complexity index is 258. The van der Waals surface area contributed by atoms with Gasteiger partial charge < -0.3 is 5.32 Å². The molecule has 1 rings (SSSR count). The average molecular weight is 213 g/mol. The van der Waals surface area contributed by atoms with Crippen molar-refractivity contribution in [2.75, 3.05) is 6.54 Å². The molecule has 4 heteroatoms. The number of aryl methyl sites for hydroxylation is 2. The molecule has 0 amide bonds. The normalized spacial score (nSPS) is 11.1. The molecule has 0 aliphatic carbocycles. The minimum Gasteiger partial charge on any atom is -0.315 e. The van der Waals surface area contributed by atoms with Gasteiger partial charge >= 0.3 is 0 Å². The van der Waals surface area contributed by atoms with Crippen LogP contribution >= 0.6 is 11.3 Å². The van der Waals surface area contributed by atoms with Gasteiger partial charge in [0.15, 0.2) is 0 Å². The number of rotatable bonds is 6. The van der Waals surface area contributed by atoms with Gasteiger partial charge in [0.2, 0.25) is 0 Å². The molecule has 0 radical (unpaired) electrons. The second-order valence-corrected chi connectivity index (χ2v) is 4.80. The molecule has 1 N–H and O–H groups in total. The van der Waals surface area contributed by atoms with E-state index in [1.807, 2.05) is 0 Å². The topological polar surface area (TPSA) is 37.8 Å². The van der Waals surface area contributed by atoms with Gasteiger partial charge in [0.05, 0.1) is 0 Å². The van der Waals surface area contributed by atoms with E-state index in [4.69, 9.17) is 0 Å². The van der Waals surface area contributed by atoms with E-state index in [9.17, 15) is 0 Å². The summed E-state index contributed by atoms with van der Waals surface area (Å²) >= 11 is 1.74. The van der Waals surface area contributed by atoms with E-state index in [0.717, 1.165) is 30.8 Å². The summed E-state index contributed by atoms with van der Waals surface area (Å²) in [5, 5.41) is 14.0. The van der Waals surface area contributed by atoms with Crippen LogP contribution in [0.5, 0.6) is 0 Å². The molecule has 0 spiro atoms. The third-order valence-electron chi connectivity index (χ3n) is 1.93. The number of nitrogens with one attached hydrogen (secondary N) is 1. The van der Waals surface area contributed by atoms with Crippen LogP contribution in [0.3, 0.4) is 0 Å². The Kier molecular flexibility index (Phi) is 5.04. The lowest BCUT2D eigenvalue weighted by Crippen LogP contribution is -2.23. The molecule has 1 aromatic heterocycles. The van der Waals surface area contributed by atoms with Crippen molar-refractivity contribution < 1.29 is 0 Å². The Morgan fingerprint density at radius 2 is 2.00 bits per heavy atom. The standard InChI is InChI=1S/C10H19N3S/c1-4-9-12-13-10(14-9)6-5-7-11-8(2)3/h8,11H,4-7H2,1-3H3. The molecule has 0 aromatic carbocycles. The van der Waals surface area contributed by atoms with E-state index in [2.05, 4.69) is 36.3 Å². The van der Waals surface area contributed by atoms with Gasteiger partial charge in [0.1, 0.15) is 10.0 Å². The maximum Gasteiger partial charge on any atom is 0.117 e. The highest BCUT2D eigenvalue weighted by Gasteiger charge is 2.01. The van der Waals surface area contributed by atoms with E-state index < -0.39 is 0 Å². The second kappa shape index (κ2) is 6.09. The van der Waals surface area contributed by atoms with E-state index >= 15 is 0 Å². The summed E-state index contributed by atoms with van der Waals surface area (Å²) in [7, 11) is 0. The summed E-state index contributed by atoms with van der Waals surface area (Å²) in [6, 6.07) is 0.579. The molecule has 0 fully saturated rings. The van der Waals surface area contributed by atoms with Crippen LogP contribution in [0.1, 0.15) is 37.2 Å². The first-order chi connectivity index (χ1) is 6.72. The van der Waals surface area contributed by atoms with Crippen LogP contribution in [0.15, 0.2) is 0 Å². The van der Waals surface area contributed by atoms with Gasteiger partial charge in [-0.3, -0.25) is 0 Å². The minimum absolute atomic E-state index is 0.579. The largest absolute Gasteiger partial charge is 0.315 e. The summed E-state index contributed by atoms with van der Waals surface area (Å²) in [5.74, 6) is 0. The Balaban J connectivity index is 2.18. The molecule has 0 atom stereocenters. The van der Waals surface area contributed by atoms with Gasteiger partial charge in [0, 0.05) is 12.5 Å². The average Bonchev–Trinajstić information content (AvgIpc) is 2.60. The van der Waals surface area contributed by atoms with Gasteiger partial charge in [0.25, 0.3) is 0 Å². The van der Waals surface area contributed by atoms with Crippen LogP contribution in [-0.4, -0.2) is 22.8 Å². The minimum atomic E-state index is 0.579. The molecule has 0 bridgehead atoms. The van der Waals surface area contributed by atoms with Crippen molar-refractivity contribution in [2.45, 2.75) is 46.1 Å². The predicted molar refractivity (Wildman–Crippen MR) is 60.7 cm³/mol. The van der Waals surface area contributed by atoms with Crippen LogP contribution in [-0.2, 0) is 12.8 Å². The third-order valence-corrected chi connectivity index (χ3v) is 3.06. The van der Waals surface area contributed by atoms with Crippen molar-refractivity contribution in [2.24, 2.45) is 0 Å². The summed E-state index contributed by atoms with van der Waals surface area (Å²) in [6.45, 7) is 7.52. The van der Waals surface area contributed by atoms with Gasteiger partial charge in [-0.15, -0.1) is 21.5 Å². The number of aromatic nitrogens is 2. The molecule has 0 unspecified atom stereocenters. The third kappa shape index (κ3) is 4.15. The molecule has 0 saturated heterocycles. The molecular weight excluding hydrogens is 194 g/mol. The van der Waals surface area contributed by atoms with Gasteiger partial charge in [-0.2, -0.15) is 0 Å². The fourth-order valence-corrected chi connectivity index (χ4v) is 1.99. The van der Waals surface area contributed by atoms with Crippen molar-refractivity contribution >= 4 is 11.3 Å². The molecule has 0 aliphatic heterocycles. The SMILES string of the molecule is CCc1nnc(CCCNC(C)C)s1. The Labute approximate surface area is 89.9 Å². The lowest BCUT2D eigenvalue weighted by atomic mass is 10.3. The molecule has 14 heavy (non-hydrogen) atoms. The van der Waals surface area contributed by atoms with Crippen LogP contribution in [0, 0.1) is 0 Å². The predicted octanol–water partition coefficient (Wildman–Crippen LogP) is 2.03. The van der Waals surface area contributed by atoms with Gasteiger partial charge in [-0.1, -0.05) is 20.8 Å². The highest BCUT2D eigenvalue weighted by molar-refractivity contribution is 7.11. The van der Waals surface area contributed by atoms with Crippen molar-refractivity contribution in [1.29, 1.82) is 0 Å². The van der Waals surface area contributed by atoms with Crippen LogP contribution in [0.2, 0.25) is 0 Å².